The Labute approximate surface area is 199 Å². The predicted octanol–water partition coefficient (Wildman–Crippen LogP) is 3.87. The van der Waals surface area contributed by atoms with Gasteiger partial charge in [-0.05, 0) is 67.9 Å². The number of allylic oxidation sites excluding steroid dienone is 2. The number of piperidine rings is 1. The number of methoxy groups -OCH3 is 1. The van der Waals surface area contributed by atoms with Crippen LogP contribution in [0.4, 0.5) is 9.59 Å². The summed E-state index contributed by atoms with van der Waals surface area (Å²) >= 11 is 0. The Balaban J connectivity index is 1.97. The van der Waals surface area contributed by atoms with Gasteiger partial charge in [-0.2, -0.15) is 0 Å². The lowest BCUT2D eigenvalue weighted by molar-refractivity contribution is -0.118. The molecule has 1 N–H and O–H groups in total. The van der Waals surface area contributed by atoms with Crippen molar-refractivity contribution in [2.24, 2.45) is 5.41 Å². The highest BCUT2D eigenvalue weighted by Crippen LogP contribution is 2.48. The molecule has 0 atom stereocenters. The molecule has 0 radical (unpaired) electrons. The first-order valence-corrected chi connectivity index (χ1v) is 11.2. The number of carbonyl (C=O) groups is 4. The lowest BCUT2D eigenvalue weighted by Gasteiger charge is -2.44. The summed E-state index contributed by atoms with van der Waals surface area (Å²) in [7, 11) is 1.23. The molecule has 2 aliphatic rings. The number of rotatable bonds is 2. The highest BCUT2D eigenvalue weighted by Gasteiger charge is 2.45. The first kappa shape index (κ1) is 25.0. The van der Waals surface area contributed by atoms with E-state index < -0.39 is 23.5 Å². The Morgan fingerprint density at radius 2 is 1.71 bits per heavy atom. The molecule has 1 aliphatic heterocycles. The number of nitrogens with zero attached hydrogens (tertiary/aromatic N) is 1. The minimum Gasteiger partial charge on any atom is -0.437 e. The van der Waals surface area contributed by atoms with Gasteiger partial charge in [0.2, 0.25) is 5.91 Å². The predicted molar refractivity (Wildman–Crippen MR) is 126 cm³/mol. The number of nitrogens with one attached hydrogen (secondary N) is 1. The molecule has 1 spiro atoms. The smallest absolute Gasteiger partial charge is 0.437 e. The fourth-order valence-corrected chi connectivity index (χ4v) is 4.93. The van der Waals surface area contributed by atoms with E-state index in [1.165, 1.54) is 14.0 Å². The minimum absolute atomic E-state index is 0.104. The summed E-state index contributed by atoms with van der Waals surface area (Å²) in [6.45, 7) is 7.68. The van der Waals surface area contributed by atoms with Gasteiger partial charge in [0.25, 0.3) is 0 Å². The molecule has 1 heterocycles. The molecule has 0 saturated carbocycles. The van der Waals surface area contributed by atoms with Crippen molar-refractivity contribution >= 4 is 29.5 Å². The fraction of sp³-hybridized carbons (Fsp3) is 0.462. The van der Waals surface area contributed by atoms with Crippen LogP contribution in [0.2, 0.25) is 0 Å². The van der Waals surface area contributed by atoms with Crippen LogP contribution in [0.5, 0.6) is 0 Å². The van der Waals surface area contributed by atoms with E-state index in [9.17, 15) is 19.2 Å². The molecule has 1 fully saturated rings. The Morgan fingerprint density at radius 3 is 2.24 bits per heavy atom. The van der Waals surface area contributed by atoms with Crippen molar-refractivity contribution < 1.29 is 28.7 Å². The van der Waals surface area contributed by atoms with E-state index in [-0.39, 0.29) is 12.2 Å². The van der Waals surface area contributed by atoms with Gasteiger partial charge in [0.15, 0.2) is 5.78 Å². The zero-order valence-electron chi connectivity index (χ0n) is 20.3. The summed E-state index contributed by atoms with van der Waals surface area (Å²) in [4.78, 5) is 50.6. The molecule has 1 aromatic carbocycles. The maximum absolute atomic E-state index is 13.6. The molecule has 3 rings (SSSR count). The zero-order chi connectivity index (χ0) is 25.0. The van der Waals surface area contributed by atoms with Crippen molar-refractivity contribution in [2.45, 2.75) is 53.4 Å². The number of amides is 3. The van der Waals surface area contributed by atoms with Crippen molar-refractivity contribution in [3.8, 4) is 11.8 Å². The average Bonchev–Trinajstić information content (AvgIpc) is 2.75. The summed E-state index contributed by atoms with van der Waals surface area (Å²) in [5, 5.41) is 2.29. The van der Waals surface area contributed by atoms with Gasteiger partial charge in [-0.1, -0.05) is 5.92 Å². The standard InChI is InChI=1S/C26H30N2O6/c1-6-7-19-12-16(2)22(17(3)13-19)23-20(30)14-26(15-21(23)34-25(32)33-5)8-10-28(11-9-26)24(31)27-18(4)29/h12-13H,8-11,14-15H2,1-5H3,(H,27,29,31). The number of benzene rings is 1. The molecule has 0 aromatic heterocycles. The first-order chi connectivity index (χ1) is 16.1. The molecule has 34 heavy (non-hydrogen) atoms. The van der Waals surface area contributed by atoms with Crippen molar-refractivity contribution in [1.82, 2.24) is 10.2 Å². The molecule has 8 heteroatoms. The Hall–Kier alpha value is -3.60. The average molecular weight is 467 g/mol. The molecule has 1 saturated heterocycles. The highest BCUT2D eigenvalue weighted by molar-refractivity contribution is 6.23. The molecule has 3 amide bonds. The van der Waals surface area contributed by atoms with Crippen LogP contribution in [0.3, 0.4) is 0 Å². The lowest BCUT2D eigenvalue weighted by Crippen LogP contribution is -2.49. The quantitative estimate of drug-likeness (QED) is 0.524. The summed E-state index contributed by atoms with van der Waals surface area (Å²) in [6.07, 6.45) is 0.886. The van der Waals surface area contributed by atoms with E-state index >= 15 is 0 Å². The molecule has 8 nitrogen and oxygen atoms in total. The second-order valence-electron chi connectivity index (χ2n) is 8.96. The van der Waals surface area contributed by atoms with Crippen molar-refractivity contribution in [2.75, 3.05) is 20.2 Å². The number of urea groups is 1. The number of imide groups is 1. The lowest BCUT2D eigenvalue weighted by atomic mass is 9.66. The van der Waals surface area contributed by atoms with Gasteiger partial charge in [-0.3, -0.25) is 14.9 Å². The van der Waals surface area contributed by atoms with Crippen LogP contribution in [0.15, 0.2) is 17.9 Å². The first-order valence-electron chi connectivity index (χ1n) is 11.2. The number of hydrogen-bond acceptors (Lipinski definition) is 6. The van der Waals surface area contributed by atoms with E-state index in [1.807, 2.05) is 26.0 Å². The van der Waals surface area contributed by atoms with E-state index in [2.05, 4.69) is 17.2 Å². The number of ether oxygens (including phenoxy) is 2. The topological polar surface area (TPSA) is 102 Å². The maximum atomic E-state index is 13.6. The summed E-state index contributed by atoms with van der Waals surface area (Å²) in [5.41, 5.74) is 3.31. The number of carbonyl (C=O) groups excluding carboxylic acids is 4. The largest absolute Gasteiger partial charge is 0.513 e. The Bertz CT molecular complexity index is 1110. The van der Waals surface area contributed by atoms with Crippen LogP contribution >= 0.6 is 0 Å². The number of ketones is 1. The van der Waals surface area contributed by atoms with Crippen LogP contribution in [-0.2, 0) is 19.1 Å². The van der Waals surface area contributed by atoms with Gasteiger partial charge >= 0.3 is 12.2 Å². The molecule has 1 aromatic rings. The van der Waals surface area contributed by atoms with Crippen molar-refractivity contribution in [1.29, 1.82) is 0 Å². The highest BCUT2D eigenvalue weighted by atomic mass is 16.7. The normalized spacial score (nSPS) is 17.1. The number of Topliss-reactive ketones (excluding diaryl/α,β-unsaturated/α-hetero) is 1. The maximum Gasteiger partial charge on any atom is 0.513 e. The molecular weight excluding hydrogens is 436 g/mol. The van der Waals surface area contributed by atoms with Crippen LogP contribution in [0.1, 0.15) is 61.8 Å². The van der Waals surface area contributed by atoms with Gasteiger partial charge in [-0.15, -0.1) is 5.92 Å². The van der Waals surface area contributed by atoms with E-state index in [0.29, 0.717) is 43.7 Å². The third-order valence-corrected chi connectivity index (χ3v) is 6.45. The SMILES string of the molecule is CC#Cc1cc(C)c(C2=C(OC(=O)OC)CC3(CCN(C(=O)NC(C)=O)CC3)CC2=O)c(C)c1. The molecule has 1 aliphatic carbocycles. The van der Waals surface area contributed by atoms with Crippen molar-refractivity contribution in [3.63, 3.8) is 0 Å². The van der Waals surface area contributed by atoms with Gasteiger partial charge in [0.1, 0.15) is 5.76 Å². The fourth-order valence-electron chi connectivity index (χ4n) is 4.93. The zero-order valence-corrected chi connectivity index (χ0v) is 20.3. The number of aryl methyl sites for hydroxylation is 2. The van der Waals surface area contributed by atoms with Crippen LogP contribution in [0.25, 0.3) is 5.57 Å². The summed E-state index contributed by atoms with van der Waals surface area (Å²) < 4.78 is 10.3. The molecule has 0 bridgehead atoms. The minimum atomic E-state index is -0.876. The second kappa shape index (κ2) is 10.1. The van der Waals surface area contributed by atoms with Crippen LogP contribution in [-0.4, -0.2) is 49.0 Å². The Kier molecular flexibility index (Phi) is 7.45. The van der Waals surface area contributed by atoms with Crippen LogP contribution < -0.4 is 5.32 Å². The van der Waals surface area contributed by atoms with Crippen molar-refractivity contribution in [3.05, 3.63) is 40.1 Å². The monoisotopic (exact) mass is 466 g/mol. The number of hydrogen-bond donors (Lipinski definition) is 1. The third-order valence-electron chi connectivity index (χ3n) is 6.45. The van der Waals surface area contributed by atoms with E-state index in [0.717, 1.165) is 22.3 Å². The molecule has 0 unspecified atom stereocenters. The van der Waals surface area contributed by atoms with Gasteiger partial charge in [-0.25, -0.2) is 9.59 Å². The molecule has 180 valence electrons. The second-order valence-corrected chi connectivity index (χ2v) is 8.96. The van der Waals surface area contributed by atoms with Crippen LogP contribution in [0, 0.1) is 31.1 Å². The van der Waals surface area contributed by atoms with Gasteiger partial charge < -0.3 is 14.4 Å². The third kappa shape index (κ3) is 5.30. The summed E-state index contributed by atoms with van der Waals surface area (Å²) in [6, 6.07) is 3.41. The van der Waals surface area contributed by atoms with Gasteiger partial charge in [0.05, 0.1) is 12.7 Å². The van der Waals surface area contributed by atoms with E-state index in [1.54, 1.807) is 11.8 Å². The van der Waals surface area contributed by atoms with Gasteiger partial charge in [0, 0.05) is 38.4 Å². The van der Waals surface area contributed by atoms with E-state index in [4.69, 9.17) is 9.47 Å². The number of likely N-dealkylation sites (tertiary alicyclic amines) is 1. The summed E-state index contributed by atoms with van der Waals surface area (Å²) in [5.74, 6) is 5.70. The Morgan fingerprint density at radius 1 is 1.09 bits per heavy atom. The molecular formula is C26H30N2O6.